The van der Waals surface area contributed by atoms with Crippen molar-refractivity contribution in [1.82, 2.24) is 9.97 Å². The molecule has 2 aromatic heterocycles. The van der Waals surface area contributed by atoms with Gasteiger partial charge >= 0.3 is 0 Å². The Morgan fingerprint density at radius 2 is 1.76 bits per heavy atom. The zero-order chi connectivity index (χ0) is 29.6. The highest BCUT2D eigenvalue weighted by Crippen LogP contribution is 2.45. The molecule has 42 heavy (non-hydrogen) atoms. The van der Waals surface area contributed by atoms with Crippen LogP contribution in [0.4, 0.5) is 0 Å². The fraction of sp³-hybridized carbons (Fsp3) is 0.306. The molecular weight excluding hydrogens is 524 g/mol. The molecule has 3 aromatic carbocycles. The Balaban J connectivity index is 1.69. The van der Waals surface area contributed by atoms with E-state index in [1.54, 1.807) is 0 Å². The molecule has 0 saturated carbocycles. The smallest absolute Gasteiger partial charge is 0.293 e. The average molecular weight is 561 g/mol. The molecule has 0 fully saturated rings. The number of rotatable bonds is 7. The third-order valence-electron chi connectivity index (χ3n) is 7.95. The fourth-order valence-electron chi connectivity index (χ4n) is 6.32. The number of hydrogen-bond donors (Lipinski definition) is 0. The monoisotopic (exact) mass is 560 g/mol. The van der Waals surface area contributed by atoms with Crippen molar-refractivity contribution in [3.63, 3.8) is 0 Å². The molecule has 0 amide bonds. The zero-order valence-corrected chi connectivity index (χ0v) is 25.1. The number of ether oxygens (including phenoxy) is 3. The largest absolute Gasteiger partial charge is 0.493 e. The normalized spacial score (nSPS) is 13.7. The van der Waals surface area contributed by atoms with Gasteiger partial charge in [0.15, 0.2) is 0 Å². The van der Waals surface area contributed by atoms with Crippen LogP contribution in [-0.4, -0.2) is 35.3 Å². The number of fused-ring (bicyclic) bond motifs is 1. The van der Waals surface area contributed by atoms with Gasteiger partial charge in [0.1, 0.15) is 18.5 Å². The Labute approximate surface area is 246 Å². The number of carbonyl (C=O) groups is 1. The highest BCUT2D eigenvalue weighted by molar-refractivity contribution is 6.07. The lowest BCUT2D eigenvalue weighted by atomic mass is 9.86. The molecule has 0 aliphatic carbocycles. The second-order valence-electron chi connectivity index (χ2n) is 12.1. The highest BCUT2D eigenvalue weighted by Gasteiger charge is 2.29. The number of carbonyl (C=O) groups excluding carboxylic acids is 1. The number of nitrogens with zero attached hydrogens (tertiary/aromatic N) is 2. The van der Waals surface area contributed by atoms with Crippen molar-refractivity contribution in [2.45, 2.75) is 59.7 Å². The van der Waals surface area contributed by atoms with Crippen molar-refractivity contribution in [3.8, 4) is 28.1 Å². The minimum atomic E-state index is -0.505. The van der Waals surface area contributed by atoms with Crippen LogP contribution in [0.25, 0.3) is 44.2 Å². The molecule has 1 aliphatic heterocycles. The first-order valence-corrected chi connectivity index (χ1v) is 14.4. The minimum absolute atomic E-state index is 0.0891. The zero-order valence-electron chi connectivity index (χ0n) is 25.1. The summed E-state index contributed by atoms with van der Waals surface area (Å²) < 4.78 is 18.0. The lowest BCUT2D eigenvalue weighted by Crippen LogP contribution is -2.26. The summed E-state index contributed by atoms with van der Waals surface area (Å²) in [7, 11) is 0. The van der Waals surface area contributed by atoms with Crippen LogP contribution in [0.5, 0.6) is 5.75 Å². The second kappa shape index (κ2) is 10.8. The maximum Gasteiger partial charge on any atom is 0.293 e. The van der Waals surface area contributed by atoms with Crippen molar-refractivity contribution in [2.24, 2.45) is 0 Å². The Hall–Kier alpha value is -4.29. The summed E-state index contributed by atoms with van der Waals surface area (Å²) >= 11 is 0. The van der Waals surface area contributed by atoms with E-state index in [9.17, 15) is 4.79 Å². The van der Waals surface area contributed by atoms with Crippen LogP contribution in [0.15, 0.2) is 60.8 Å². The summed E-state index contributed by atoms with van der Waals surface area (Å²) in [5, 5.41) is 2.03. The molecule has 1 unspecified atom stereocenters. The Bertz CT molecular complexity index is 1810. The summed E-state index contributed by atoms with van der Waals surface area (Å²) in [6, 6.07) is 18.9. The van der Waals surface area contributed by atoms with Crippen molar-refractivity contribution >= 4 is 28.3 Å². The van der Waals surface area contributed by atoms with Crippen molar-refractivity contribution in [2.75, 3.05) is 13.2 Å². The molecule has 0 spiro atoms. The molecular formula is C36H36N2O4. The van der Waals surface area contributed by atoms with Gasteiger partial charge in [0.25, 0.3) is 6.47 Å². The third kappa shape index (κ3) is 5.01. The summed E-state index contributed by atoms with van der Waals surface area (Å²) in [6.07, 6.45) is 2.21. The number of pyridine rings is 2. The Kier molecular flexibility index (Phi) is 7.19. The van der Waals surface area contributed by atoms with E-state index in [1.165, 1.54) is 16.7 Å². The third-order valence-corrected chi connectivity index (χ3v) is 7.95. The van der Waals surface area contributed by atoms with Crippen LogP contribution >= 0.6 is 0 Å². The summed E-state index contributed by atoms with van der Waals surface area (Å²) in [5.74, 6) is 0.851. The first-order chi connectivity index (χ1) is 20.2. The van der Waals surface area contributed by atoms with E-state index in [4.69, 9.17) is 24.2 Å². The maximum atomic E-state index is 11.4. The Morgan fingerprint density at radius 1 is 0.976 bits per heavy atom. The molecule has 1 aliphatic rings. The van der Waals surface area contributed by atoms with Crippen LogP contribution in [-0.2, 0) is 20.7 Å². The molecule has 6 heteroatoms. The Morgan fingerprint density at radius 3 is 2.50 bits per heavy atom. The lowest BCUT2D eigenvalue weighted by molar-refractivity contribution is -0.139. The van der Waals surface area contributed by atoms with Crippen LogP contribution < -0.4 is 4.74 Å². The van der Waals surface area contributed by atoms with Gasteiger partial charge < -0.3 is 14.2 Å². The van der Waals surface area contributed by atoms with Gasteiger partial charge in [-0.3, -0.25) is 9.78 Å². The van der Waals surface area contributed by atoms with Gasteiger partial charge in [-0.25, -0.2) is 4.98 Å². The average Bonchev–Trinajstić information content (AvgIpc) is 2.94. The first kappa shape index (κ1) is 27.9. The van der Waals surface area contributed by atoms with E-state index in [0.29, 0.717) is 13.1 Å². The van der Waals surface area contributed by atoms with Gasteiger partial charge in [0, 0.05) is 34.5 Å². The quantitative estimate of drug-likeness (QED) is 0.188. The van der Waals surface area contributed by atoms with Gasteiger partial charge in [-0.15, -0.1) is 0 Å². The molecule has 0 radical (unpaired) electrons. The van der Waals surface area contributed by atoms with Gasteiger partial charge in [0.05, 0.1) is 28.9 Å². The van der Waals surface area contributed by atoms with Crippen LogP contribution in [0, 0.1) is 20.8 Å². The standard InChI is InChI=1S/C36H36N2O4/c1-21-8-7-9-22(2)31(21)27-12-10-25-28(38-27)18-23(3)32(30(19-40-20-39)42-36(4,5)6)34(25)26-11-13-29-33-24(15-17-41-29)14-16-37-35(26)33/h7-14,16,18,20,30H,15,17,19H2,1-6H3. The molecule has 0 saturated heterocycles. The van der Waals surface area contributed by atoms with Gasteiger partial charge in [0.2, 0.25) is 0 Å². The summed E-state index contributed by atoms with van der Waals surface area (Å²) in [5.41, 5.74) is 10.9. The SMILES string of the molecule is Cc1cccc(C)c1-c1ccc2c(-c3ccc4c5c(ccnc35)CCO4)c(C(COC=O)OC(C)(C)C)c(C)cc2n1. The van der Waals surface area contributed by atoms with E-state index >= 15 is 0 Å². The molecule has 0 bridgehead atoms. The van der Waals surface area contributed by atoms with Gasteiger partial charge in [-0.2, -0.15) is 0 Å². The van der Waals surface area contributed by atoms with Crippen molar-refractivity contribution in [3.05, 3.63) is 88.6 Å². The van der Waals surface area contributed by atoms with Crippen LogP contribution in [0.2, 0.25) is 0 Å². The summed E-state index contributed by atoms with van der Waals surface area (Å²) in [4.78, 5) is 21.5. The van der Waals surface area contributed by atoms with Gasteiger partial charge in [-0.1, -0.05) is 24.3 Å². The van der Waals surface area contributed by atoms with E-state index in [-0.39, 0.29) is 6.61 Å². The molecule has 1 atom stereocenters. The molecule has 3 heterocycles. The van der Waals surface area contributed by atoms with Crippen molar-refractivity contribution in [1.29, 1.82) is 0 Å². The maximum absolute atomic E-state index is 11.4. The second-order valence-corrected chi connectivity index (χ2v) is 12.1. The highest BCUT2D eigenvalue weighted by atomic mass is 16.6. The van der Waals surface area contributed by atoms with Crippen LogP contribution in [0.1, 0.15) is 54.7 Å². The van der Waals surface area contributed by atoms with E-state index in [2.05, 4.69) is 69.3 Å². The predicted molar refractivity (Wildman–Crippen MR) is 167 cm³/mol. The fourth-order valence-corrected chi connectivity index (χ4v) is 6.32. The van der Waals surface area contributed by atoms with E-state index in [1.807, 2.05) is 33.0 Å². The number of aromatic nitrogens is 2. The number of benzene rings is 3. The molecule has 214 valence electrons. The van der Waals surface area contributed by atoms with Crippen LogP contribution in [0.3, 0.4) is 0 Å². The predicted octanol–water partition coefficient (Wildman–Crippen LogP) is 8.01. The molecule has 6 rings (SSSR count). The van der Waals surface area contributed by atoms with Gasteiger partial charge in [-0.05, 0) is 105 Å². The summed E-state index contributed by atoms with van der Waals surface area (Å²) in [6.45, 7) is 13.6. The number of aryl methyl sites for hydroxylation is 3. The van der Waals surface area contributed by atoms with Crippen molar-refractivity contribution < 1.29 is 19.0 Å². The topological polar surface area (TPSA) is 70.5 Å². The lowest BCUT2D eigenvalue weighted by Gasteiger charge is -2.31. The van der Waals surface area contributed by atoms with E-state index in [0.717, 1.165) is 67.5 Å². The molecule has 6 nitrogen and oxygen atoms in total. The number of hydrogen-bond acceptors (Lipinski definition) is 6. The first-order valence-electron chi connectivity index (χ1n) is 14.4. The molecule has 0 N–H and O–H groups in total. The molecule has 5 aromatic rings. The minimum Gasteiger partial charge on any atom is -0.493 e. The van der Waals surface area contributed by atoms with E-state index < -0.39 is 11.7 Å².